The van der Waals surface area contributed by atoms with Gasteiger partial charge < -0.3 is 5.73 Å². The van der Waals surface area contributed by atoms with Crippen molar-refractivity contribution in [1.82, 2.24) is 0 Å². The minimum absolute atomic E-state index is 0.249. The summed E-state index contributed by atoms with van der Waals surface area (Å²) in [5.41, 5.74) is 7.11. The molecule has 0 aliphatic carbocycles. The Balaban J connectivity index is 2.22. The molecule has 0 radical (unpaired) electrons. The fourth-order valence-electron chi connectivity index (χ4n) is 1.72. The van der Waals surface area contributed by atoms with Crippen molar-refractivity contribution in [2.24, 2.45) is 5.73 Å². The third-order valence-corrected chi connectivity index (χ3v) is 4.05. The van der Waals surface area contributed by atoms with E-state index in [2.05, 4.69) is 0 Å². The molecule has 0 aliphatic rings. The van der Waals surface area contributed by atoms with Crippen molar-refractivity contribution < 1.29 is 8.60 Å². The molecule has 0 spiro atoms. The van der Waals surface area contributed by atoms with Gasteiger partial charge >= 0.3 is 0 Å². The van der Waals surface area contributed by atoms with Gasteiger partial charge in [-0.3, -0.25) is 4.21 Å². The van der Waals surface area contributed by atoms with E-state index in [9.17, 15) is 8.60 Å². The molecule has 0 saturated heterocycles. The summed E-state index contributed by atoms with van der Waals surface area (Å²) in [7, 11) is -1.13. The van der Waals surface area contributed by atoms with Crippen LogP contribution in [0.5, 0.6) is 0 Å². The molecule has 18 heavy (non-hydrogen) atoms. The Morgan fingerprint density at radius 1 is 1.06 bits per heavy atom. The van der Waals surface area contributed by atoms with Crippen molar-refractivity contribution in [3.63, 3.8) is 0 Å². The van der Waals surface area contributed by atoms with Crippen molar-refractivity contribution in [2.45, 2.75) is 17.2 Å². The predicted molar refractivity (Wildman–Crippen MR) is 70.8 cm³/mol. The highest BCUT2D eigenvalue weighted by molar-refractivity contribution is 7.84. The Hall–Kier alpha value is -1.52. The molecule has 4 heteroatoms. The smallest absolute Gasteiger partial charge is 0.123 e. The Morgan fingerprint density at radius 3 is 2.44 bits per heavy atom. The molecule has 2 nitrogen and oxygen atoms in total. The van der Waals surface area contributed by atoms with E-state index in [-0.39, 0.29) is 12.4 Å². The van der Waals surface area contributed by atoms with Crippen LogP contribution in [0.25, 0.3) is 0 Å². The largest absolute Gasteiger partial charge is 0.326 e. The molecule has 2 rings (SSSR count). The maximum Gasteiger partial charge on any atom is 0.123 e. The molecule has 0 amide bonds. The van der Waals surface area contributed by atoms with Gasteiger partial charge in [0.1, 0.15) is 5.82 Å². The van der Waals surface area contributed by atoms with E-state index >= 15 is 0 Å². The van der Waals surface area contributed by atoms with Crippen LogP contribution in [-0.4, -0.2) is 4.21 Å². The molecule has 2 aromatic rings. The van der Waals surface area contributed by atoms with Gasteiger partial charge in [-0.1, -0.05) is 24.3 Å². The van der Waals surface area contributed by atoms with Crippen molar-refractivity contribution >= 4 is 10.8 Å². The van der Waals surface area contributed by atoms with E-state index < -0.39 is 10.8 Å². The zero-order valence-electron chi connectivity index (χ0n) is 9.80. The number of benzene rings is 2. The van der Waals surface area contributed by atoms with Crippen LogP contribution in [0.4, 0.5) is 4.39 Å². The van der Waals surface area contributed by atoms with Gasteiger partial charge in [-0.2, -0.15) is 0 Å². The highest BCUT2D eigenvalue weighted by Crippen LogP contribution is 2.16. The van der Waals surface area contributed by atoms with E-state index in [0.717, 1.165) is 10.5 Å². The van der Waals surface area contributed by atoms with E-state index in [1.54, 1.807) is 6.07 Å². The number of rotatable bonds is 4. The molecule has 0 aliphatic heterocycles. The standard InChI is InChI=1S/C14H14FNOS/c15-13-7-6-11(12(8-13)9-16)10-18(17)14-4-2-1-3-5-14/h1-8H,9-10,16H2. The van der Waals surface area contributed by atoms with Gasteiger partial charge in [0.05, 0.1) is 16.6 Å². The third-order valence-electron chi connectivity index (χ3n) is 2.68. The molecule has 1 unspecified atom stereocenters. The summed E-state index contributed by atoms with van der Waals surface area (Å²) in [6.07, 6.45) is 0. The first-order chi connectivity index (χ1) is 8.70. The molecular formula is C14H14FNOS. The zero-order valence-corrected chi connectivity index (χ0v) is 10.6. The summed E-state index contributed by atoms with van der Waals surface area (Å²) in [5, 5.41) is 0. The van der Waals surface area contributed by atoms with Gasteiger partial charge in [-0.05, 0) is 35.4 Å². The van der Waals surface area contributed by atoms with E-state index in [4.69, 9.17) is 5.73 Å². The summed E-state index contributed by atoms with van der Waals surface area (Å²) in [4.78, 5) is 0.768. The van der Waals surface area contributed by atoms with Crippen LogP contribution in [0.1, 0.15) is 11.1 Å². The molecular weight excluding hydrogens is 249 g/mol. The van der Waals surface area contributed by atoms with Crippen LogP contribution < -0.4 is 5.73 Å². The van der Waals surface area contributed by atoms with Gasteiger partial charge in [-0.25, -0.2) is 4.39 Å². The van der Waals surface area contributed by atoms with Crippen LogP contribution in [-0.2, 0) is 23.1 Å². The minimum atomic E-state index is -1.13. The quantitative estimate of drug-likeness (QED) is 0.921. The van der Waals surface area contributed by atoms with Crippen LogP contribution in [0.2, 0.25) is 0 Å². The molecule has 0 heterocycles. The maximum absolute atomic E-state index is 13.1. The van der Waals surface area contributed by atoms with Crippen LogP contribution in [0.3, 0.4) is 0 Å². The predicted octanol–water partition coefficient (Wildman–Crippen LogP) is 2.59. The Bertz CT molecular complexity index is 557. The second-order valence-electron chi connectivity index (χ2n) is 3.92. The summed E-state index contributed by atoms with van der Waals surface area (Å²) in [6, 6.07) is 13.6. The minimum Gasteiger partial charge on any atom is -0.326 e. The molecule has 2 aromatic carbocycles. The normalized spacial score (nSPS) is 12.3. The number of hydrogen-bond donors (Lipinski definition) is 1. The second-order valence-corrected chi connectivity index (χ2v) is 5.37. The lowest BCUT2D eigenvalue weighted by molar-refractivity contribution is 0.624. The number of nitrogens with two attached hydrogens (primary N) is 1. The monoisotopic (exact) mass is 263 g/mol. The molecule has 0 fully saturated rings. The van der Waals surface area contributed by atoms with Crippen molar-refractivity contribution in [3.05, 3.63) is 65.5 Å². The van der Waals surface area contributed by atoms with Crippen LogP contribution in [0.15, 0.2) is 53.4 Å². The number of halogens is 1. The fraction of sp³-hybridized carbons (Fsp3) is 0.143. The topological polar surface area (TPSA) is 43.1 Å². The summed E-state index contributed by atoms with van der Waals surface area (Å²) < 4.78 is 25.2. The first-order valence-corrected chi connectivity index (χ1v) is 6.93. The SMILES string of the molecule is NCc1cc(F)ccc1CS(=O)c1ccccc1. The van der Waals surface area contributed by atoms with Gasteiger partial charge in [0.25, 0.3) is 0 Å². The summed E-state index contributed by atoms with van der Waals surface area (Å²) in [6.45, 7) is 0.249. The third kappa shape index (κ3) is 3.03. The highest BCUT2D eigenvalue weighted by Gasteiger charge is 2.08. The first-order valence-electron chi connectivity index (χ1n) is 5.61. The van der Waals surface area contributed by atoms with Crippen LogP contribution in [0, 0.1) is 5.82 Å². The second kappa shape index (κ2) is 5.89. The Labute approximate surface area is 108 Å². The van der Waals surface area contributed by atoms with Crippen LogP contribution >= 0.6 is 0 Å². The van der Waals surface area contributed by atoms with Gasteiger partial charge in [0.2, 0.25) is 0 Å². The molecule has 2 N–H and O–H groups in total. The lowest BCUT2D eigenvalue weighted by Crippen LogP contribution is -2.05. The lowest BCUT2D eigenvalue weighted by Gasteiger charge is -2.08. The van der Waals surface area contributed by atoms with Crippen molar-refractivity contribution in [3.8, 4) is 0 Å². The average molecular weight is 263 g/mol. The molecule has 94 valence electrons. The van der Waals surface area contributed by atoms with Gasteiger partial charge in [-0.15, -0.1) is 0 Å². The fourth-order valence-corrected chi connectivity index (χ4v) is 2.91. The Kier molecular flexibility index (Phi) is 4.23. The molecule has 1 atom stereocenters. The molecule has 0 bridgehead atoms. The van der Waals surface area contributed by atoms with Crippen molar-refractivity contribution in [2.75, 3.05) is 0 Å². The van der Waals surface area contributed by atoms with E-state index in [1.165, 1.54) is 12.1 Å². The van der Waals surface area contributed by atoms with Gasteiger partial charge in [0.15, 0.2) is 0 Å². The number of hydrogen-bond acceptors (Lipinski definition) is 2. The highest BCUT2D eigenvalue weighted by atomic mass is 32.2. The summed E-state index contributed by atoms with van der Waals surface area (Å²) in [5.74, 6) is 0.0429. The molecule has 0 saturated carbocycles. The Morgan fingerprint density at radius 2 is 1.78 bits per heavy atom. The zero-order chi connectivity index (χ0) is 13.0. The van der Waals surface area contributed by atoms with Gasteiger partial charge in [0, 0.05) is 11.4 Å². The van der Waals surface area contributed by atoms with E-state index in [0.29, 0.717) is 11.3 Å². The lowest BCUT2D eigenvalue weighted by atomic mass is 10.1. The average Bonchev–Trinajstić information content (AvgIpc) is 2.41. The first kappa shape index (κ1) is 12.9. The maximum atomic E-state index is 13.1. The van der Waals surface area contributed by atoms with Crippen molar-refractivity contribution in [1.29, 1.82) is 0 Å². The summed E-state index contributed by atoms with van der Waals surface area (Å²) >= 11 is 0. The van der Waals surface area contributed by atoms with E-state index in [1.807, 2.05) is 30.3 Å². The molecule has 0 aromatic heterocycles.